The van der Waals surface area contributed by atoms with Gasteiger partial charge in [-0.15, -0.1) is 0 Å². The van der Waals surface area contributed by atoms with E-state index in [1.165, 1.54) is 25.7 Å². The molecular formula is C8H16Cl2O4. The van der Waals surface area contributed by atoms with Crippen LogP contribution in [0.15, 0.2) is 0 Å². The number of rotatable bonds is 3. The van der Waals surface area contributed by atoms with Crippen LogP contribution >= 0.6 is 23.2 Å². The zero-order valence-electron chi connectivity index (χ0n) is 8.30. The van der Waals surface area contributed by atoms with Crippen LogP contribution in [0.25, 0.3) is 0 Å². The summed E-state index contributed by atoms with van der Waals surface area (Å²) < 4.78 is 0. The molecule has 0 aromatic rings. The van der Waals surface area contributed by atoms with Crippen molar-refractivity contribution < 1.29 is 19.8 Å². The second kappa shape index (κ2) is 18.3. The average molecular weight is 247 g/mol. The Morgan fingerprint density at radius 3 is 1.14 bits per heavy atom. The molecule has 14 heavy (non-hydrogen) atoms. The molecule has 0 heterocycles. The molecule has 0 aliphatic rings. The lowest BCUT2D eigenvalue weighted by Crippen LogP contribution is -1.66. The zero-order chi connectivity index (χ0) is 12.0. The third-order valence-electron chi connectivity index (χ3n) is 0.957. The quantitative estimate of drug-likeness (QED) is 0.572. The molecule has 0 atom stereocenters. The number of unbranched alkanes of at least 4 members (excludes halogenated alkanes) is 3. The van der Waals surface area contributed by atoms with E-state index >= 15 is 0 Å². The van der Waals surface area contributed by atoms with Crippen LogP contribution in [0.1, 0.15) is 39.5 Å². The van der Waals surface area contributed by atoms with E-state index in [9.17, 15) is 0 Å². The van der Waals surface area contributed by atoms with Crippen LogP contribution in [0.5, 0.6) is 0 Å². The monoisotopic (exact) mass is 246 g/mol. The minimum atomic E-state index is -1.36. The second-order valence-corrected chi connectivity index (χ2v) is 2.86. The highest BCUT2D eigenvalue weighted by molar-refractivity contribution is 6.60. The summed E-state index contributed by atoms with van der Waals surface area (Å²) in [5.74, 6) is 0. The molecular weight excluding hydrogens is 231 g/mol. The molecule has 0 aliphatic heterocycles. The average Bonchev–Trinajstić information content (AvgIpc) is 1.98. The summed E-state index contributed by atoms with van der Waals surface area (Å²) in [7, 11) is 0. The standard InChI is InChI=1S/C6H14.2CHClO2/c1-3-5-6-4-2;2*2-1(3)4/h3-6H2,1-2H3;2*(H,3,4). The van der Waals surface area contributed by atoms with E-state index in [0.29, 0.717) is 0 Å². The van der Waals surface area contributed by atoms with Gasteiger partial charge in [-0.05, 0) is 0 Å². The summed E-state index contributed by atoms with van der Waals surface area (Å²) in [6.07, 6.45) is 5.54. The first kappa shape index (κ1) is 19.1. The van der Waals surface area contributed by atoms with E-state index < -0.39 is 10.9 Å². The van der Waals surface area contributed by atoms with Crippen molar-refractivity contribution in [2.75, 3.05) is 0 Å². The van der Waals surface area contributed by atoms with Gasteiger partial charge in [-0.25, -0.2) is 9.59 Å². The summed E-state index contributed by atoms with van der Waals surface area (Å²) >= 11 is 8.38. The van der Waals surface area contributed by atoms with Gasteiger partial charge in [-0.3, -0.25) is 0 Å². The van der Waals surface area contributed by atoms with Crippen LogP contribution in [-0.4, -0.2) is 21.1 Å². The maximum atomic E-state index is 8.77. The van der Waals surface area contributed by atoms with Gasteiger partial charge in [-0.1, -0.05) is 39.5 Å². The van der Waals surface area contributed by atoms with Gasteiger partial charge in [0.2, 0.25) is 0 Å². The Morgan fingerprint density at radius 1 is 0.929 bits per heavy atom. The van der Waals surface area contributed by atoms with Gasteiger partial charge in [0.15, 0.2) is 0 Å². The van der Waals surface area contributed by atoms with E-state index in [2.05, 4.69) is 37.0 Å². The van der Waals surface area contributed by atoms with Gasteiger partial charge in [0, 0.05) is 23.2 Å². The highest BCUT2D eigenvalue weighted by Crippen LogP contribution is 1.95. The van der Waals surface area contributed by atoms with Crippen LogP contribution in [0.2, 0.25) is 0 Å². The molecule has 6 heteroatoms. The highest BCUT2D eigenvalue weighted by atomic mass is 35.5. The SMILES string of the molecule is CCCCCC.O=C(O)Cl.O=C(O)Cl. The van der Waals surface area contributed by atoms with Crippen molar-refractivity contribution in [2.45, 2.75) is 39.5 Å². The highest BCUT2D eigenvalue weighted by Gasteiger charge is 1.75. The fourth-order valence-corrected chi connectivity index (χ4v) is 0.500. The van der Waals surface area contributed by atoms with Gasteiger partial charge in [0.1, 0.15) is 0 Å². The molecule has 0 aliphatic carbocycles. The Hall–Kier alpha value is -0.480. The smallest absolute Gasteiger partial charge is 0.401 e. The zero-order valence-corrected chi connectivity index (χ0v) is 9.81. The third kappa shape index (κ3) is 201. The Balaban J connectivity index is -0.000000135. The molecule has 0 fully saturated rings. The summed E-state index contributed by atoms with van der Waals surface area (Å²) in [6.45, 7) is 4.46. The van der Waals surface area contributed by atoms with Gasteiger partial charge >= 0.3 is 10.9 Å². The predicted molar refractivity (Wildman–Crippen MR) is 57.6 cm³/mol. The first-order valence-electron chi connectivity index (χ1n) is 4.15. The second-order valence-electron chi connectivity index (χ2n) is 2.21. The fraction of sp³-hybridized carbons (Fsp3) is 0.750. The van der Waals surface area contributed by atoms with E-state index in [4.69, 9.17) is 19.8 Å². The molecule has 0 rings (SSSR count). The van der Waals surface area contributed by atoms with E-state index in [1.54, 1.807) is 0 Å². The Labute approximate surface area is 93.8 Å². The minimum Gasteiger partial charge on any atom is -0.469 e. The molecule has 0 radical (unpaired) electrons. The van der Waals surface area contributed by atoms with E-state index in [-0.39, 0.29) is 0 Å². The lowest BCUT2D eigenvalue weighted by atomic mass is 10.2. The van der Waals surface area contributed by atoms with Crippen molar-refractivity contribution in [3.63, 3.8) is 0 Å². The molecule has 4 nitrogen and oxygen atoms in total. The van der Waals surface area contributed by atoms with E-state index in [1.807, 2.05) is 0 Å². The van der Waals surface area contributed by atoms with Crippen molar-refractivity contribution in [1.82, 2.24) is 0 Å². The largest absolute Gasteiger partial charge is 0.469 e. The van der Waals surface area contributed by atoms with Crippen LogP contribution in [0.3, 0.4) is 0 Å². The fourth-order valence-electron chi connectivity index (χ4n) is 0.500. The molecule has 2 N–H and O–H groups in total. The summed E-state index contributed by atoms with van der Waals surface area (Å²) in [5, 5.41) is 14.4. The normalized spacial score (nSPS) is 7.43. The topological polar surface area (TPSA) is 74.6 Å². The first-order valence-corrected chi connectivity index (χ1v) is 4.90. The van der Waals surface area contributed by atoms with Crippen molar-refractivity contribution in [3.05, 3.63) is 0 Å². The number of halogens is 2. The van der Waals surface area contributed by atoms with Crippen molar-refractivity contribution in [2.24, 2.45) is 0 Å². The molecule has 0 amide bonds. The van der Waals surface area contributed by atoms with Crippen LogP contribution in [0, 0.1) is 0 Å². The Bertz CT molecular complexity index is 115. The van der Waals surface area contributed by atoms with Crippen LogP contribution in [0.4, 0.5) is 9.59 Å². The van der Waals surface area contributed by atoms with Gasteiger partial charge in [0.25, 0.3) is 0 Å². The maximum Gasteiger partial charge on any atom is 0.401 e. The number of carboxylic acid groups (broad SMARTS) is 2. The van der Waals surface area contributed by atoms with Crippen LogP contribution < -0.4 is 0 Å². The van der Waals surface area contributed by atoms with Crippen LogP contribution in [-0.2, 0) is 0 Å². The molecule has 0 spiro atoms. The predicted octanol–water partition coefficient (Wildman–Crippen LogP) is 4.39. The lowest BCUT2D eigenvalue weighted by molar-refractivity contribution is 0.219. The third-order valence-corrected chi connectivity index (χ3v) is 0.957. The van der Waals surface area contributed by atoms with E-state index in [0.717, 1.165) is 0 Å². The Morgan fingerprint density at radius 2 is 1.07 bits per heavy atom. The molecule has 86 valence electrons. The summed E-state index contributed by atoms with van der Waals surface area (Å²) in [6, 6.07) is 0. The summed E-state index contributed by atoms with van der Waals surface area (Å²) in [5.41, 5.74) is -2.72. The lowest BCUT2D eigenvalue weighted by Gasteiger charge is -1.86. The Kier molecular flexibility index (Phi) is 25.1. The number of carbonyl (C=O) groups is 2. The molecule has 0 bridgehead atoms. The maximum absolute atomic E-state index is 8.77. The number of hydrogen-bond acceptors (Lipinski definition) is 2. The van der Waals surface area contributed by atoms with Crippen molar-refractivity contribution in [3.8, 4) is 0 Å². The van der Waals surface area contributed by atoms with Crippen molar-refractivity contribution in [1.29, 1.82) is 0 Å². The van der Waals surface area contributed by atoms with Crippen molar-refractivity contribution >= 4 is 34.1 Å². The first-order chi connectivity index (χ1) is 6.38. The number of hydrogen-bond donors (Lipinski definition) is 2. The molecule has 0 unspecified atom stereocenters. The molecule has 0 saturated carbocycles. The van der Waals surface area contributed by atoms with Gasteiger partial charge < -0.3 is 10.2 Å². The molecule has 0 saturated heterocycles. The molecule has 0 aromatic carbocycles. The minimum absolute atomic E-state index is 1.36. The van der Waals surface area contributed by atoms with Gasteiger partial charge in [0.05, 0.1) is 0 Å². The molecule has 0 aromatic heterocycles. The van der Waals surface area contributed by atoms with Gasteiger partial charge in [-0.2, -0.15) is 0 Å². The summed E-state index contributed by atoms with van der Waals surface area (Å²) in [4.78, 5) is 17.5.